The number of hydrogen-bond acceptors (Lipinski definition) is 6. The molecule has 1 saturated heterocycles. The molecule has 0 bridgehead atoms. The lowest BCUT2D eigenvalue weighted by Crippen LogP contribution is -2.33. The lowest BCUT2D eigenvalue weighted by Gasteiger charge is -2.30. The van der Waals surface area contributed by atoms with Crippen molar-refractivity contribution in [3.8, 4) is 11.8 Å². The first-order valence-electron chi connectivity index (χ1n) is 12.5. The van der Waals surface area contributed by atoms with Crippen LogP contribution in [-0.4, -0.2) is 42.9 Å². The number of aromatic nitrogens is 1. The summed E-state index contributed by atoms with van der Waals surface area (Å²) in [5.74, 6) is 0.708. The van der Waals surface area contributed by atoms with Crippen LogP contribution >= 0.6 is 0 Å². The molecular formula is C28H31N3O5. The van der Waals surface area contributed by atoms with E-state index in [1.165, 1.54) is 6.42 Å². The molecule has 8 nitrogen and oxygen atoms in total. The largest absolute Gasteiger partial charge is 0.486 e. The Bertz CT molecular complexity index is 1270. The minimum Gasteiger partial charge on any atom is -0.486 e. The van der Waals surface area contributed by atoms with Gasteiger partial charge in [-0.15, -0.1) is 0 Å². The summed E-state index contributed by atoms with van der Waals surface area (Å²) >= 11 is 0. The number of benzene rings is 2. The van der Waals surface area contributed by atoms with Gasteiger partial charge >= 0.3 is 6.09 Å². The van der Waals surface area contributed by atoms with Gasteiger partial charge in [-0.2, -0.15) is 5.26 Å². The van der Waals surface area contributed by atoms with Crippen LogP contribution in [0.25, 0.3) is 10.9 Å². The number of ether oxygens (including phenoxy) is 4. The van der Waals surface area contributed by atoms with Crippen molar-refractivity contribution in [1.82, 2.24) is 4.57 Å². The summed E-state index contributed by atoms with van der Waals surface area (Å²) in [7, 11) is 0. The molecule has 2 heterocycles. The molecule has 3 aromatic rings. The SMILES string of the molecule is CC(C)OC(=O)Nc1ccc(Cc2c(C#N)c3cc(OC4COCOC4)ccc3n2C2CCC2)cc1. The highest BCUT2D eigenvalue weighted by molar-refractivity contribution is 5.90. The van der Waals surface area contributed by atoms with Crippen molar-refractivity contribution < 1.29 is 23.7 Å². The molecule has 1 aliphatic heterocycles. The van der Waals surface area contributed by atoms with Crippen LogP contribution in [0.2, 0.25) is 0 Å². The van der Waals surface area contributed by atoms with E-state index in [1.807, 2.05) is 50.2 Å². The van der Waals surface area contributed by atoms with Crippen LogP contribution in [0.4, 0.5) is 10.5 Å². The lowest BCUT2D eigenvalue weighted by atomic mass is 9.92. The van der Waals surface area contributed by atoms with E-state index in [0.717, 1.165) is 35.0 Å². The van der Waals surface area contributed by atoms with Gasteiger partial charge in [0.15, 0.2) is 0 Å². The predicted molar refractivity (Wildman–Crippen MR) is 135 cm³/mol. The average Bonchev–Trinajstić information content (AvgIpc) is 3.11. The maximum atomic E-state index is 11.9. The molecule has 188 valence electrons. The van der Waals surface area contributed by atoms with Crippen LogP contribution in [0.1, 0.15) is 56.0 Å². The van der Waals surface area contributed by atoms with Gasteiger partial charge in [-0.05, 0) is 69.0 Å². The molecule has 0 radical (unpaired) electrons. The monoisotopic (exact) mass is 489 g/mol. The highest BCUT2D eigenvalue weighted by atomic mass is 16.7. The zero-order valence-corrected chi connectivity index (χ0v) is 20.7. The van der Waals surface area contributed by atoms with Crippen LogP contribution in [-0.2, 0) is 20.6 Å². The Morgan fingerprint density at radius 1 is 1.17 bits per heavy atom. The molecule has 1 aromatic heterocycles. The third kappa shape index (κ3) is 5.18. The Hall–Kier alpha value is -3.54. The number of amides is 1. The Balaban J connectivity index is 1.43. The van der Waals surface area contributed by atoms with Gasteiger partial charge in [-0.25, -0.2) is 4.79 Å². The maximum absolute atomic E-state index is 11.9. The molecule has 1 saturated carbocycles. The summed E-state index contributed by atoms with van der Waals surface area (Å²) in [6.07, 6.45) is 3.21. The number of fused-ring (bicyclic) bond motifs is 1. The van der Waals surface area contributed by atoms with E-state index >= 15 is 0 Å². The van der Waals surface area contributed by atoms with Crippen molar-refractivity contribution >= 4 is 22.7 Å². The van der Waals surface area contributed by atoms with Gasteiger partial charge < -0.3 is 23.5 Å². The van der Waals surface area contributed by atoms with E-state index in [2.05, 4.69) is 22.0 Å². The van der Waals surface area contributed by atoms with Gasteiger partial charge in [0, 0.05) is 29.2 Å². The minimum atomic E-state index is -0.473. The average molecular weight is 490 g/mol. The second-order valence-corrected chi connectivity index (χ2v) is 9.62. The van der Waals surface area contributed by atoms with E-state index in [4.69, 9.17) is 18.9 Å². The second-order valence-electron chi connectivity index (χ2n) is 9.62. The van der Waals surface area contributed by atoms with Crippen molar-refractivity contribution in [3.63, 3.8) is 0 Å². The van der Waals surface area contributed by atoms with Gasteiger partial charge in [0.2, 0.25) is 0 Å². The molecule has 0 unspecified atom stereocenters. The molecule has 2 fully saturated rings. The number of anilines is 1. The standard InChI is InChI=1S/C28H31N3O5/c1-18(2)35-28(32)30-20-8-6-19(7-9-20)12-27-25(14-29)24-13-22(36-23-15-33-17-34-16-23)10-11-26(24)31(27)21-4-3-5-21/h6-11,13,18,21,23H,3-5,12,15-17H2,1-2H3,(H,30,32). The molecule has 8 heteroatoms. The second kappa shape index (κ2) is 10.6. The first-order chi connectivity index (χ1) is 17.5. The highest BCUT2D eigenvalue weighted by Crippen LogP contribution is 2.40. The predicted octanol–water partition coefficient (Wildman–Crippen LogP) is 5.54. The van der Waals surface area contributed by atoms with Gasteiger partial charge in [-0.1, -0.05) is 12.1 Å². The number of rotatable bonds is 7. The van der Waals surface area contributed by atoms with E-state index in [1.54, 1.807) is 0 Å². The zero-order chi connectivity index (χ0) is 25.1. The number of hydrogen-bond donors (Lipinski definition) is 1. The summed E-state index contributed by atoms with van der Waals surface area (Å²) in [6.45, 7) is 4.88. The number of carbonyl (C=O) groups is 1. The Kier molecular flexibility index (Phi) is 7.12. The summed E-state index contributed by atoms with van der Waals surface area (Å²) in [5.41, 5.74) is 4.48. The fourth-order valence-electron chi connectivity index (χ4n) is 4.77. The fraction of sp³-hybridized carbons (Fsp3) is 0.429. The molecule has 2 aromatic carbocycles. The first-order valence-corrected chi connectivity index (χ1v) is 12.5. The van der Waals surface area contributed by atoms with E-state index in [-0.39, 0.29) is 12.2 Å². The van der Waals surface area contributed by atoms with Crippen LogP contribution in [0.15, 0.2) is 42.5 Å². The van der Waals surface area contributed by atoms with Gasteiger partial charge in [0.25, 0.3) is 0 Å². The molecule has 0 atom stereocenters. The van der Waals surface area contributed by atoms with Gasteiger partial charge in [-0.3, -0.25) is 5.32 Å². The highest BCUT2D eigenvalue weighted by Gasteiger charge is 2.27. The van der Waals surface area contributed by atoms with Crippen molar-refractivity contribution in [3.05, 3.63) is 59.3 Å². The molecule has 1 amide bonds. The molecule has 5 rings (SSSR count). The van der Waals surface area contributed by atoms with Crippen LogP contribution < -0.4 is 10.1 Å². The normalized spacial score (nSPS) is 16.5. The smallest absolute Gasteiger partial charge is 0.411 e. The number of nitrogens with one attached hydrogen (secondary N) is 1. The number of carbonyl (C=O) groups excluding carboxylic acids is 1. The van der Waals surface area contributed by atoms with Crippen LogP contribution in [0.5, 0.6) is 5.75 Å². The molecule has 2 aliphatic rings. The number of nitriles is 1. The molecular weight excluding hydrogens is 458 g/mol. The molecule has 1 N–H and O–H groups in total. The fourth-order valence-corrected chi connectivity index (χ4v) is 4.77. The van der Waals surface area contributed by atoms with E-state index in [9.17, 15) is 10.1 Å². The van der Waals surface area contributed by atoms with Crippen LogP contribution in [0, 0.1) is 11.3 Å². The van der Waals surface area contributed by atoms with Crippen molar-refractivity contribution in [1.29, 1.82) is 5.26 Å². The Morgan fingerprint density at radius 2 is 1.92 bits per heavy atom. The number of nitrogens with zero attached hydrogens (tertiary/aromatic N) is 2. The quantitative estimate of drug-likeness (QED) is 0.468. The van der Waals surface area contributed by atoms with E-state index in [0.29, 0.717) is 49.5 Å². The lowest BCUT2D eigenvalue weighted by molar-refractivity contribution is -0.143. The van der Waals surface area contributed by atoms with Crippen LogP contribution in [0.3, 0.4) is 0 Å². The summed E-state index contributed by atoms with van der Waals surface area (Å²) in [5, 5.41) is 13.9. The topological polar surface area (TPSA) is 94.7 Å². The Morgan fingerprint density at radius 3 is 2.56 bits per heavy atom. The molecule has 1 aliphatic carbocycles. The first kappa shape index (κ1) is 24.2. The zero-order valence-electron chi connectivity index (χ0n) is 20.7. The maximum Gasteiger partial charge on any atom is 0.411 e. The minimum absolute atomic E-state index is 0.167. The summed E-state index contributed by atoms with van der Waals surface area (Å²) < 4.78 is 24.3. The third-order valence-corrected chi connectivity index (χ3v) is 6.62. The van der Waals surface area contributed by atoms with Gasteiger partial charge in [0.1, 0.15) is 24.7 Å². The molecule has 0 spiro atoms. The Labute approximate surface area is 210 Å². The van der Waals surface area contributed by atoms with Crippen molar-refractivity contribution in [2.45, 2.75) is 57.8 Å². The van der Waals surface area contributed by atoms with Crippen molar-refractivity contribution in [2.75, 3.05) is 25.3 Å². The van der Waals surface area contributed by atoms with Gasteiger partial charge in [0.05, 0.1) is 30.4 Å². The summed E-state index contributed by atoms with van der Waals surface area (Å²) in [4.78, 5) is 11.9. The van der Waals surface area contributed by atoms with E-state index < -0.39 is 6.09 Å². The molecule has 36 heavy (non-hydrogen) atoms. The van der Waals surface area contributed by atoms with Crippen molar-refractivity contribution in [2.24, 2.45) is 0 Å². The third-order valence-electron chi connectivity index (χ3n) is 6.62. The summed E-state index contributed by atoms with van der Waals surface area (Å²) in [6, 6.07) is 16.5.